The first kappa shape index (κ1) is 16.7. The van der Waals surface area contributed by atoms with E-state index in [4.69, 9.17) is 0 Å². The summed E-state index contributed by atoms with van der Waals surface area (Å²) in [6, 6.07) is 13.5. The van der Waals surface area contributed by atoms with Gasteiger partial charge in [0, 0.05) is 49.1 Å². The van der Waals surface area contributed by atoms with Crippen LogP contribution in [0.25, 0.3) is 22.5 Å². The van der Waals surface area contributed by atoms with Gasteiger partial charge in [0.25, 0.3) is 0 Å². The fraction of sp³-hybridized carbons (Fsp3) is 0.250. The van der Waals surface area contributed by atoms with Gasteiger partial charge in [0.05, 0.1) is 11.4 Å². The van der Waals surface area contributed by atoms with E-state index in [-0.39, 0.29) is 0 Å². The molecule has 0 bridgehead atoms. The second kappa shape index (κ2) is 6.88. The molecule has 0 amide bonds. The van der Waals surface area contributed by atoms with Gasteiger partial charge in [-0.15, -0.1) is 0 Å². The first-order valence-corrected chi connectivity index (χ1v) is 8.64. The van der Waals surface area contributed by atoms with Crippen molar-refractivity contribution < 1.29 is 8.78 Å². The Labute approximate surface area is 151 Å². The number of H-pyrrole nitrogens is 1. The number of rotatable bonds is 3. The van der Waals surface area contributed by atoms with E-state index < -0.39 is 11.6 Å². The molecular weight excluding hydrogens is 334 g/mol. The van der Waals surface area contributed by atoms with E-state index in [1.165, 1.54) is 17.8 Å². The van der Waals surface area contributed by atoms with Crippen LogP contribution >= 0.6 is 0 Å². The maximum atomic E-state index is 13.4. The topological polar surface area (TPSA) is 35.2 Å². The van der Waals surface area contributed by atoms with E-state index in [0.717, 1.165) is 43.5 Å². The normalized spacial score (nSPS) is 15.4. The molecule has 134 valence electrons. The Kier molecular flexibility index (Phi) is 4.42. The van der Waals surface area contributed by atoms with E-state index in [1.807, 2.05) is 12.1 Å². The second-order valence-corrected chi connectivity index (χ2v) is 6.66. The van der Waals surface area contributed by atoms with Gasteiger partial charge in [-0.25, -0.2) is 8.78 Å². The van der Waals surface area contributed by atoms with Gasteiger partial charge in [-0.2, -0.15) is 5.10 Å². The summed E-state index contributed by atoms with van der Waals surface area (Å²) in [5.41, 5.74) is 3.93. The number of aromatic nitrogens is 2. The Hall–Kier alpha value is -2.73. The molecule has 1 N–H and O–H groups in total. The average molecular weight is 354 g/mol. The van der Waals surface area contributed by atoms with Crippen LogP contribution in [0.15, 0.2) is 48.5 Å². The minimum absolute atomic E-state index is 0.440. The molecule has 1 fully saturated rings. The van der Waals surface area contributed by atoms with Crippen molar-refractivity contribution in [2.75, 3.05) is 38.1 Å². The van der Waals surface area contributed by atoms with Crippen LogP contribution < -0.4 is 4.90 Å². The largest absolute Gasteiger partial charge is 0.369 e. The Morgan fingerprint density at radius 2 is 1.50 bits per heavy atom. The minimum atomic E-state index is -0.604. The number of hydrogen-bond acceptors (Lipinski definition) is 3. The molecule has 0 aliphatic carbocycles. The number of benzene rings is 2. The highest BCUT2D eigenvalue weighted by molar-refractivity contribution is 5.69. The second-order valence-electron chi connectivity index (χ2n) is 6.66. The number of halogens is 2. The van der Waals surface area contributed by atoms with Crippen LogP contribution in [0.3, 0.4) is 0 Å². The van der Waals surface area contributed by atoms with Crippen molar-refractivity contribution in [3.63, 3.8) is 0 Å². The van der Waals surface area contributed by atoms with Gasteiger partial charge in [-0.3, -0.25) is 5.10 Å². The monoisotopic (exact) mass is 354 g/mol. The minimum Gasteiger partial charge on any atom is -0.369 e. The molecule has 4 nitrogen and oxygen atoms in total. The van der Waals surface area contributed by atoms with E-state index in [1.54, 1.807) is 6.07 Å². The molecule has 1 saturated heterocycles. The zero-order valence-corrected chi connectivity index (χ0v) is 14.5. The molecule has 0 unspecified atom stereocenters. The highest BCUT2D eigenvalue weighted by Gasteiger charge is 2.14. The molecule has 3 aromatic rings. The number of nitrogens with one attached hydrogen (secondary N) is 1. The first-order valence-electron chi connectivity index (χ1n) is 8.64. The molecule has 1 aromatic heterocycles. The third kappa shape index (κ3) is 3.46. The van der Waals surface area contributed by atoms with Crippen molar-refractivity contribution in [1.82, 2.24) is 15.1 Å². The van der Waals surface area contributed by atoms with Crippen molar-refractivity contribution in [2.45, 2.75) is 0 Å². The van der Waals surface area contributed by atoms with Crippen molar-refractivity contribution in [3.8, 4) is 22.5 Å². The maximum absolute atomic E-state index is 13.4. The van der Waals surface area contributed by atoms with Crippen LogP contribution in [-0.2, 0) is 0 Å². The van der Waals surface area contributed by atoms with E-state index in [9.17, 15) is 8.78 Å². The number of likely N-dealkylation sites (N-methyl/N-ethyl adjacent to an activating group) is 1. The lowest BCUT2D eigenvalue weighted by atomic mass is 10.1. The van der Waals surface area contributed by atoms with Gasteiger partial charge < -0.3 is 9.80 Å². The zero-order valence-electron chi connectivity index (χ0n) is 14.5. The third-order valence-corrected chi connectivity index (χ3v) is 4.78. The van der Waals surface area contributed by atoms with Gasteiger partial charge in [-0.05, 0) is 37.4 Å². The van der Waals surface area contributed by atoms with E-state index in [0.29, 0.717) is 11.3 Å². The fourth-order valence-corrected chi connectivity index (χ4v) is 3.23. The van der Waals surface area contributed by atoms with Crippen LogP contribution in [0.5, 0.6) is 0 Å². The van der Waals surface area contributed by atoms with Crippen molar-refractivity contribution in [3.05, 3.63) is 60.2 Å². The van der Waals surface area contributed by atoms with Crippen molar-refractivity contribution >= 4 is 5.69 Å². The molecule has 0 atom stereocenters. The van der Waals surface area contributed by atoms with Crippen LogP contribution in [0.1, 0.15) is 0 Å². The molecule has 26 heavy (non-hydrogen) atoms. The maximum Gasteiger partial charge on any atom is 0.126 e. The van der Waals surface area contributed by atoms with Gasteiger partial charge in [0.1, 0.15) is 11.6 Å². The molecule has 4 rings (SSSR count). The lowest BCUT2D eigenvalue weighted by Crippen LogP contribution is -2.44. The van der Waals surface area contributed by atoms with Crippen molar-refractivity contribution in [2.24, 2.45) is 0 Å². The van der Waals surface area contributed by atoms with E-state index in [2.05, 4.69) is 39.2 Å². The van der Waals surface area contributed by atoms with Crippen molar-refractivity contribution in [1.29, 1.82) is 0 Å². The number of aromatic amines is 1. The molecule has 0 saturated carbocycles. The molecule has 2 aromatic carbocycles. The van der Waals surface area contributed by atoms with Gasteiger partial charge in [0.15, 0.2) is 0 Å². The summed E-state index contributed by atoms with van der Waals surface area (Å²) in [7, 11) is 2.14. The van der Waals surface area contributed by atoms with Gasteiger partial charge in [-0.1, -0.05) is 12.1 Å². The number of piperazine rings is 1. The van der Waals surface area contributed by atoms with Crippen LogP contribution in [0.2, 0.25) is 0 Å². The Balaban J connectivity index is 1.54. The predicted octanol–water partition coefficient (Wildman–Crippen LogP) is 3.77. The zero-order chi connectivity index (χ0) is 18.1. The molecule has 1 aliphatic heterocycles. The molecular formula is C20H20F2N4. The molecule has 0 spiro atoms. The summed E-state index contributed by atoms with van der Waals surface area (Å²) in [6.07, 6.45) is 0. The number of anilines is 1. The Morgan fingerprint density at radius 1 is 0.846 bits per heavy atom. The molecule has 2 heterocycles. The molecule has 6 heteroatoms. The third-order valence-electron chi connectivity index (χ3n) is 4.78. The summed E-state index contributed by atoms with van der Waals surface area (Å²) in [6.45, 7) is 4.17. The summed E-state index contributed by atoms with van der Waals surface area (Å²) in [4.78, 5) is 4.70. The van der Waals surface area contributed by atoms with Crippen LogP contribution in [0, 0.1) is 11.6 Å². The Bertz CT molecular complexity index is 876. The van der Waals surface area contributed by atoms with E-state index >= 15 is 0 Å². The van der Waals surface area contributed by atoms with Gasteiger partial charge >= 0.3 is 0 Å². The van der Waals surface area contributed by atoms with Crippen LogP contribution in [-0.4, -0.2) is 48.3 Å². The fourth-order valence-electron chi connectivity index (χ4n) is 3.23. The van der Waals surface area contributed by atoms with Crippen LogP contribution in [0.4, 0.5) is 14.5 Å². The summed E-state index contributed by atoms with van der Waals surface area (Å²) in [5.74, 6) is -1.21. The molecule has 1 aliphatic rings. The predicted molar refractivity (Wildman–Crippen MR) is 99.1 cm³/mol. The highest BCUT2D eigenvalue weighted by atomic mass is 19.1. The summed E-state index contributed by atoms with van der Waals surface area (Å²) < 4.78 is 26.8. The smallest absolute Gasteiger partial charge is 0.126 e. The highest BCUT2D eigenvalue weighted by Crippen LogP contribution is 2.27. The summed E-state index contributed by atoms with van der Waals surface area (Å²) >= 11 is 0. The summed E-state index contributed by atoms with van der Waals surface area (Å²) in [5, 5.41) is 7.14. The van der Waals surface area contributed by atoms with Gasteiger partial charge in [0.2, 0.25) is 0 Å². The number of hydrogen-bond donors (Lipinski definition) is 1. The SMILES string of the molecule is CN1CCN(c2ccc(-c3cc(-c4cc(F)cc(F)c4)[nH]n3)cc2)CC1. The Morgan fingerprint density at radius 3 is 2.15 bits per heavy atom. The average Bonchev–Trinajstić information content (AvgIpc) is 3.12. The first-order chi connectivity index (χ1) is 12.6. The molecule has 0 radical (unpaired) electrons. The number of nitrogens with zero attached hydrogens (tertiary/aromatic N) is 3. The lowest BCUT2D eigenvalue weighted by molar-refractivity contribution is 0.313. The lowest BCUT2D eigenvalue weighted by Gasteiger charge is -2.34. The quantitative estimate of drug-likeness (QED) is 0.778. The standard InChI is InChI=1S/C20H20F2N4/c1-25-6-8-26(9-7-25)18-4-2-14(3-5-18)19-13-20(24-23-19)15-10-16(21)12-17(22)11-15/h2-5,10-13H,6-9H2,1H3,(H,23,24).